The Kier molecular flexibility index (Phi) is 13.6. The normalized spacial score (nSPS) is 13.7. The standard InChI is InChI=1S/C27H44N8O3/c1-2-3-14-30-25-33-26(31-22-7-5-4-6-8-22)35-27(34-25)32-23-11-9-21(10-12-23)20-24(36)29-15-17-38-19-18-37-16-13-28/h9-12,22H,2-8,13-20,28H2,1H3,(H,29,36)(H3,30,31,32,33,34,35). The molecule has 3 rings (SSSR count). The molecule has 38 heavy (non-hydrogen) atoms. The fourth-order valence-electron chi connectivity index (χ4n) is 4.13. The number of hydrogen-bond donors (Lipinski definition) is 5. The lowest BCUT2D eigenvalue weighted by Crippen LogP contribution is -2.29. The number of nitrogens with zero attached hydrogens (tertiary/aromatic N) is 3. The maximum absolute atomic E-state index is 12.2. The van der Waals surface area contributed by atoms with Crippen molar-refractivity contribution in [2.75, 3.05) is 62.0 Å². The van der Waals surface area contributed by atoms with Crippen LogP contribution < -0.4 is 27.0 Å². The Morgan fingerprint density at radius 1 is 0.921 bits per heavy atom. The molecular weight excluding hydrogens is 484 g/mol. The first-order chi connectivity index (χ1) is 18.7. The van der Waals surface area contributed by atoms with Crippen molar-refractivity contribution in [1.82, 2.24) is 20.3 Å². The maximum Gasteiger partial charge on any atom is 0.233 e. The molecule has 1 aliphatic rings. The molecule has 6 N–H and O–H groups in total. The molecule has 0 unspecified atom stereocenters. The molecule has 11 nitrogen and oxygen atoms in total. The number of aromatic nitrogens is 3. The van der Waals surface area contributed by atoms with E-state index in [0.717, 1.165) is 43.5 Å². The van der Waals surface area contributed by atoms with Crippen LogP contribution in [0, 0.1) is 0 Å². The smallest absolute Gasteiger partial charge is 0.233 e. The second-order valence-corrected chi connectivity index (χ2v) is 9.43. The van der Waals surface area contributed by atoms with Crippen LogP contribution >= 0.6 is 0 Å². The van der Waals surface area contributed by atoms with Crippen molar-refractivity contribution >= 4 is 29.4 Å². The van der Waals surface area contributed by atoms with Crippen molar-refractivity contribution in [2.45, 2.75) is 64.3 Å². The first kappa shape index (κ1) is 29.5. The largest absolute Gasteiger partial charge is 0.378 e. The van der Waals surface area contributed by atoms with Gasteiger partial charge in [0.25, 0.3) is 0 Å². The third kappa shape index (κ3) is 11.6. The molecule has 1 aliphatic carbocycles. The number of hydrogen-bond acceptors (Lipinski definition) is 10. The van der Waals surface area contributed by atoms with Crippen LogP contribution in [-0.4, -0.2) is 73.0 Å². The predicted molar refractivity (Wildman–Crippen MR) is 151 cm³/mol. The zero-order chi connectivity index (χ0) is 26.8. The molecule has 0 atom stereocenters. The van der Waals surface area contributed by atoms with Crippen molar-refractivity contribution in [3.63, 3.8) is 0 Å². The van der Waals surface area contributed by atoms with E-state index >= 15 is 0 Å². The molecule has 0 bridgehead atoms. The minimum atomic E-state index is -0.0487. The highest BCUT2D eigenvalue weighted by Gasteiger charge is 2.16. The van der Waals surface area contributed by atoms with E-state index in [9.17, 15) is 4.79 Å². The van der Waals surface area contributed by atoms with Gasteiger partial charge in [-0.2, -0.15) is 15.0 Å². The van der Waals surface area contributed by atoms with Crippen molar-refractivity contribution in [1.29, 1.82) is 0 Å². The molecule has 2 aromatic rings. The first-order valence-corrected chi connectivity index (χ1v) is 13.9. The number of carbonyl (C=O) groups excluding carboxylic acids is 1. The van der Waals surface area contributed by atoms with E-state index < -0.39 is 0 Å². The van der Waals surface area contributed by atoms with E-state index in [1.54, 1.807) is 0 Å². The molecule has 1 fully saturated rings. The summed E-state index contributed by atoms with van der Waals surface area (Å²) in [5.41, 5.74) is 7.12. The molecule has 1 amide bonds. The summed E-state index contributed by atoms with van der Waals surface area (Å²) in [6, 6.07) is 8.10. The summed E-state index contributed by atoms with van der Waals surface area (Å²) < 4.78 is 10.7. The van der Waals surface area contributed by atoms with Gasteiger partial charge in [0.15, 0.2) is 0 Å². The van der Waals surface area contributed by atoms with E-state index in [2.05, 4.69) is 43.1 Å². The molecule has 210 valence electrons. The molecule has 0 spiro atoms. The molecule has 1 aromatic heterocycles. The van der Waals surface area contributed by atoms with Gasteiger partial charge in [-0.25, -0.2) is 0 Å². The molecule has 1 saturated carbocycles. The highest BCUT2D eigenvalue weighted by molar-refractivity contribution is 5.78. The van der Waals surface area contributed by atoms with Gasteiger partial charge in [0.05, 0.1) is 32.8 Å². The van der Waals surface area contributed by atoms with Crippen LogP contribution in [0.3, 0.4) is 0 Å². The number of amides is 1. The fraction of sp³-hybridized carbons (Fsp3) is 0.630. The van der Waals surface area contributed by atoms with Crippen molar-refractivity contribution < 1.29 is 14.3 Å². The van der Waals surface area contributed by atoms with Crippen LogP contribution in [0.5, 0.6) is 0 Å². The molecule has 0 saturated heterocycles. The molecule has 11 heteroatoms. The summed E-state index contributed by atoms with van der Waals surface area (Å²) in [6.45, 7) is 5.89. The maximum atomic E-state index is 12.2. The number of rotatable bonds is 18. The number of ether oxygens (including phenoxy) is 2. The average Bonchev–Trinajstić information content (AvgIpc) is 2.92. The molecule has 0 radical (unpaired) electrons. The number of benzene rings is 1. The Balaban J connectivity index is 1.49. The van der Waals surface area contributed by atoms with Crippen LogP contribution in [0.4, 0.5) is 23.5 Å². The van der Waals surface area contributed by atoms with E-state index in [1.807, 2.05) is 24.3 Å². The monoisotopic (exact) mass is 528 g/mol. The zero-order valence-electron chi connectivity index (χ0n) is 22.6. The topological polar surface area (TPSA) is 148 Å². The molecule has 1 heterocycles. The zero-order valence-corrected chi connectivity index (χ0v) is 22.6. The predicted octanol–water partition coefficient (Wildman–Crippen LogP) is 3.22. The number of nitrogens with two attached hydrogens (primary N) is 1. The lowest BCUT2D eigenvalue weighted by molar-refractivity contribution is -0.120. The number of anilines is 4. The van der Waals surface area contributed by atoms with Crippen LogP contribution in [-0.2, 0) is 20.7 Å². The lowest BCUT2D eigenvalue weighted by atomic mass is 9.96. The summed E-state index contributed by atoms with van der Waals surface area (Å²) in [5.74, 6) is 1.59. The van der Waals surface area contributed by atoms with E-state index in [1.165, 1.54) is 19.3 Å². The number of carbonyl (C=O) groups is 1. The average molecular weight is 529 g/mol. The minimum absolute atomic E-state index is 0.0487. The van der Waals surface area contributed by atoms with E-state index in [0.29, 0.717) is 69.8 Å². The first-order valence-electron chi connectivity index (χ1n) is 13.9. The van der Waals surface area contributed by atoms with Gasteiger partial charge < -0.3 is 36.5 Å². The second-order valence-electron chi connectivity index (χ2n) is 9.43. The van der Waals surface area contributed by atoms with Gasteiger partial charge in [0, 0.05) is 31.4 Å². The third-order valence-corrected chi connectivity index (χ3v) is 6.16. The molecule has 1 aromatic carbocycles. The van der Waals surface area contributed by atoms with Gasteiger partial charge in [0.1, 0.15) is 0 Å². The van der Waals surface area contributed by atoms with Crippen LogP contribution in [0.2, 0.25) is 0 Å². The summed E-state index contributed by atoms with van der Waals surface area (Å²) in [7, 11) is 0. The summed E-state index contributed by atoms with van der Waals surface area (Å²) in [5, 5.41) is 13.0. The summed E-state index contributed by atoms with van der Waals surface area (Å²) in [4.78, 5) is 26.0. The number of nitrogens with one attached hydrogen (secondary N) is 4. The quantitative estimate of drug-likeness (QED) is 0.183. The van der Waals surface area contributed by atoms with E-state index in [4.69, 9.17) is 15.2 Å². The Morgan fingerprint density at radius 3 is 2.37 bits per heavy atom. The highest BCUT2D eigenvalue weighted by atomic mass is 16.5. The van der Waals surface area contributed by atoms with Gasteiger partial charge >= 0.3 is 0 Å². The van der Waals surface area contributed by atoms with Crippen LogP contribution in [0.15, 0.2) is 24.3 Å². The molecule has 0 aliphatic heterocycles. The van der Waals surface area contributed by atoms with Crippen LogP contribution in [0.1, 0.15) is 57.4 Å². The Labute approximate surface area is 226 Å². The highest BCUT2D eigenvalue weighted by Crippen LogP contribution is 2.22. The summed E-state index contributed by atoms with van der Waals surface area (Å²) >= 11 is 0. The van der Waals surface area contributed by atoms with Gasteiger partial charge in [-0.3, -0.25) is 4.79 Å². The van der Waals surface area contributed by atoms with Crippen molar-refractivity contribution in [3.8, 4) is 0 Å². The SMILES string of the molecule is CCCCNc1nc(Nc2ccc(CC(=O)NCCOCCOCCN)cc2)nc(NC2CCCCC2)n1. The Hall–Kier alpha value is -3.02. The van der Waals surface area contributed by atoms with Crippen molar-refractivity contribution in [2.24, 2.45) is 5.73 Å². The number of unbranched alkanes of at least 4 members (excludes halogenated alkanes) is 1. The molecular formula is C27H44N8O3. The second kappa shape index (κ2) is 17.5. The Bertz CT molecular complexity index is 938. The van der Waals surface area contributed by atoms with Crippen molar-refractivity contribution in [3.05, 3.63) is 29.8 Å². The summed E-state index contributed by atoms with van der Waals surface area (Å²) in [6.07, 6.45) is 8.48. The lowest BCUT2D eigenvalue weighted by Gasteiger charge is -2.23. The van der Waals surface area contributed by atoms with Gasteiger partial charge in [-0.05, 0) is 37.0 Å². The fourth-order valence-corrected chi connectivity index (χ4v) is 4.13. The van der Waals surface area contributed by atoms with Gasteiger partial charge in [0.2, 0.25) is 23.8 Å². The minimum Gasteiger partial charge on any atom is -0.378 e. The third-order valence-electron chi connectivity index (χ3n) is 6.16. The van der Waals surface area contributed by atoms with Gasteiger partial charge in [-0.1, -0.05) is 44.7 Å². The van der Waals surface area contributed by atoms with Crippen LogP contribution in [0.25, 0.3) is 0 Å². The van der Waals surface area contributed by atoms with E-state index in [-0.39, 0.29) is 5.91 Å². The Morgan fingerprint density at radius 2 is 1.63 bits per heavy atom. The van der Waals surface area contributed by atoms with Gasteiger partial charge in [-0.15, -0.1) is 0 Å².